The van der Waals surface area contributed by atoms with Gasteiger partial charge in [-0.05, 0) is 31.2 Å². The fourth-order valence-electron chi connectivity index (χ4n) is 4.18. The molecule has 6 nitrogen and oxygen atoms in total. The molecule has 0 radical (unpaired) electrons. The van der Waals surface area contributed by atoms with Crippen molar-refractivity contribution in [3.8, 4) is 0 Å². The van der Waals surface area contributed by atoms with E-state index in [2.05, 4.69) is 45.9 Å². The largest absolute Gasteiger partial charge is 0.324 e. The van der Waals surface area contributed by atoms with E-state index < -0.39 is 0 Å². The molecule has 4 N–H and O–H groups in total. The van der Waals surface area contributed by atoms with Crippen molar-refractivity contribution in [1.29, 1.82) is 0 Å². The SMILES string of the molecule is CCNC[C@]1(Cc2nn[nH]n2)C[C@@]2(N)CC(CC)=C[C@H]21. The smallest absolute Gasteiger partial charge is 0.175 e. The van der Waals surface area contributed by atoms with Crippen LogP contribution in [0.15, 0.2) is 11.6 Å². The Bertz CT molecular complexity index is 496. The quantitative estimate of drug-likeness (QED) is 0.668. The maximum Gasteiger partial charge on any atom is 0.175 e. The lowest BCUT2D eigenvalue weighted by Crippen LogP contribution is -2.67. The van der Waals surface area contributed by atoms with Gasteiger partial charge in [0.05, 0.1) is 0 Å². The molecule has 3 atom stereocenters. The van der Waals surface area contributed by atoms with Crippen LogP contribution in [0.4, 0.5) is 0 Å². The highest BCUT2D eigenvalue weighted by atomic mass is 15.5. The van der Waals surface area contributed by atoms with Gasteiger partial charge in [-0.25, -0.2) is 0 Å². The zero-order valence-corrected chi connectivity index (χ0v) is 12.3. The second-order valence-electron chi connectivity index (χ2n) is 6.39. The van der Waals surface area contributed by atoms with E-state index in [0.29, 0.717) is 5.92 Å². The minimum Gasteiger partial charge on any atom is -0.324 e. The van der Waals surface area contributed by atoms with Crippen molar-refractivity contribution in [2.45, 2.75) is 45.1 Å². The monoisotopic (exact) mass is 276 g/mol. The molecule has 0 amide bonds. The second kappa shape index (κ2) is 4.93. The van der Waals surface area contributed by atoms with E-state index >= 15 is 0 Å². The van der Waals surface area contributed by atoms with E-state index in [9.17, 15) is 0 Å². The van der Waals surface area contributed by atoms with E-state index in [1.54, 1.807) is 0 Å². The summed E-state index contributed by atoms with van der Waals surface area (Å²) in [6.07, 6.45) is 6.45. The fourth-order valence-corrected chi connectivity index (χ4v) is 4.18. The van der Waals surface area contributed by atoms with Gasteiger partial charge in [-0.3, -0.25) is 0 Å². The molecule has 0 aliphatic heterocycles. The molecule has 0 unspecified atom stereocenters. The topological polar surface area (TPSA) is 92.5 Å². The van der Waals surface area contributed by atoms with Crippen LogP contribution in [0.25, 0.3) is 0 Å². The van der Waals surface area contributed by atoms with E-state index in [1.807, 2.05) is 0 Å². The van der Waals surface area contributed by atoms with Crippen molar-refractivity contribution in [2.75, 3.05) is 13.1 Å². The van der Waals surface area contributed by atoms with E-state index in [4.69, 9.17) is 5.73 Å². The Balaban J connectivity index is 1.83. The number of nitrogens with zero attached hydrogens (tertiary/aromatic N) is 3. The molecule has 0 spiro atoms. The lowest BCUT2D eigenvalue weighted by Gasteiger charge is -2.58. The third-order valence-corrected chi connectivity index (χ3v) is 5.00. The van der Waals surface area contributed by atoms with Crippen molar-refractivity contribution >= 4 is 0 Å². The van der Waals surface area contributed by atoms with E-state index in [-0.39, 0.29) is 11.0 Å². The highest BCUT2D eigenvalue weighted by molar-refractivity contribution is 5.33. The summed E-state index contributed by atoms with van der Waals surface area (Å²) in [5, 5.41) is 18.0. The molecule has 3 rings (SSSR count). The van der Waals surface area contributed by atoms with Crippen LogP contribution >= 0.6 is 0 Å². The van der Waals surface area contributed by atoms with E-state index in [1.165, 1.54) is 5.57 Å². The Morgan fingerprint density at radius 3 is 3.00 bits per heavy atom. The van der Waals surface area contributed by atoms with Gasteiger partial charge >= 0.3 is 0 Å². The summed E-state index contributed by atoms with van der Waals surface area (Å²) in [5.41, 5.74) is 8.22. The number of aromatic nitrogens is 4. The van der Waals surface area contributed by atoms with Gasteiger partial charge in [0, 0.05) is 24.4 Å². The standard InChI is InChI=1S/C14H24N6/c1-3-10-5-11-13(9-16-4-2,8-14(11,15)6-10)7-12-17-19-20-18-12/h5,11,16H,3-4,6-9,15H2,1-2H3,(H,17,18,19,20)/t11-,13-,14-/m0/s1. The molecule has 20 heavy (non-hydrogen) atoms. The fraction of sp³-hybridized carbons (Fsp3) is 0.786. The van der Waals surface area contributed by atoms with Crippen molar-refractivity contribution < 1.29 is 0 Å². The number of rotatable bonds is 6. The summed E-state index contributed by atoms with van der Waals surface area (Å²) in [6, 6.07) is 0. The number of nitrogens with one attached hydrogen (secondary N) is 2. The van der Waals surface area contributed by atoms with Gasteiger partial charge in [-0.15, -0.1) is 10.2 Å². The number of aromatic amines is 1. The molecule has 6 heteroatoms. The summed E-state index contributed by atoms with van der Waals surface area (Å²) in [7, 11) is 0. The molecule has 1 aromatic heterocycles. The van der Waals surface area contributed by atoms with Gasteiger partial charge in [0.25, 0.3) is 0 Å². The van der Waals surface area contributed by atoms with Crippen molar-refractivity contribution in [1.82, 2.24) is 25.9 Å². The molecule has 2 aliphatic rings. The lowest BCUT2D eigenvalue weighted by molar-refractivity contribution is -0.0246. The first-order valence-electron chi connectivity index (χ1n) is 7.53. The maximum absolute atomic E-state index is 6.61. The first kappa shape index (κ1) is 13.7. The maximum atomic E-state index is 6.61. The Morgan fingerprint density at radius 1 is 1.50 bits per heavy atom. The number of tetrazole rings is 1. The van der Waals surface area contributed by atoms with Crippen LogP contribution in [0.3, 0.4) is 0 Å². The van der Waals surface area contributed by atoms with Crippen LogP contribution in [0.2, 0.25) is 0 Å². The average Bonchev–Trinajstić information content (AvgIpc) is 3.01. The minimum absolute atomic E-state index is 0.0372. The molecule has 0 bridgehead atoms. The highest BCUT2D eigenvalue weighted by Crippen LogP contribution is 2.60. The summed E-state index contributed by atoms with van der Waals surface area (Å²) in [6.45, 7) is 6.29. The van der Waals surface area contributed by atoms with Gasteiger partial charge in [-0.2, -0.15) is 5.21 Å². The molecular weight excluding hydrogens is 252 g/mol. The van der Waals surface area contributed by atoms with Gasteiger partial charge in [0.1, 0.15) is 0 Å². The molecule has 0 saturated heterocycles. The predicted octanol–water partition coefficient (Wildman–Crippen LogP) is 0.796. The van der Waals surface area contributed by atoms with Crippen molar-refractivity contribution in [3.63, 3.8) is 0 Å². The Hall–Kier alpha value is -1.27. The minimum atomic E-state index is -0.0372. The third kappa shape index (κ3) is 2.07. The molecule has 1 aromatic rings. The molecular formula is C14H24N6. The van der Waals surface area contributed by atoms with Crippen LogP contribution in [0.5, 0.6) is 0 Å². The van der Waals surface area contributed by atoms with Crippen LogP contribution in [-0.2, 0) is 6.42 Å². The van der Waals surface area contributed by atoms with Crippen molar-refractivity contribution in [3.05, 3.63) is 17.5 Å². The summed E-state index contributed by atoms with van der Waals surface area (Å²) in [5.74, 6) is 1.23. The first-order chi connectivity index (χ1) is 9.62. The van der Waals surface area contributed by atoms with Crippen molar-refractivity contribution in [2.24, 2.45) is 17.1 Å². The molecule has 1 heterocycles. The molecule has 2 aliphatic carbocycles. The Labute approximate surface area is 119 Å². The Kier molecular flexibility index (Phi) is 3.38. The lowest BCUT2D eigenvalue weighted by atomic mass is 9.49. The van der Waals surface area contributed by atoms with Crippen LogP contribution in [-0.4, -0.2) is 39.3 Å². The number of hydrogen-bond donors (Lipinski definition) is 3. The molecule has 1 fully saturated rings. The van der Waals surface area contributed by atoms with Crippen LogP contribution in [0.1, 0.15) is 38.9 Å². The summed E-state index contributed by atoms with van der Waals surface area (Å²) < 4.78 is 0. The number of H-pyrrole nitrogens is 1. The Morgan fingerprint density at radius 2 is 2.35 bits per heavy atom. The van der Waals surface area contributed by atoms with Gasteiger partial charge in [-0.1, -0.05) is 30.7 Å². The highest BCUT2D eigenvalue weighted by Gasteiger charge is 2.62. The molecule has 0 aromatic carbocycles. The van der Waals surface area contributed by atoms with Gasteiger partial charge < -0.3 is 11.1 Å². The molecule has 1 saturated carbocycles. The summed E-state index contributed by atoms with van der Waals surface area (Å²) in [4.78, 5) is 0. The normalized spacial score (nSPS) is 35.5. The summed E-state index contributed by atoms with van der Waals surface area (Å²) >= 11 is 0. The first-order valence-corrected chi connectivity index (χ1v) is 7.53. The predicted molar refractivity (Wildman–Crippen MR) is 76.9 cm³/mol. The number of hydrogen-bond acceptors (Lipinski definition) is 5. The number of fused-ring (bicyclic) bond motifs is 1. The second-order valence-corrected chi connectivity index (χ2v) is 6.39. The van der Waals surface area contributed by atoms with Crippen LogP contribution in [0, 0.1) is 11.3 Å². The van der Waals surface area contributed by atoms with E-state index in [0.717, 1.165) is 44.6 Å². The number of nitrogens with two attached hydrogens (primary N) is 1. The molecule has 110 valence electrons. The third-order valence-electron chi connectivity index (χ3n) is 5.00. The zero-order valence-electron chi connectivity index (χ0n) is 12.3. The van der Waals surface area contributed by atoms with Crippen LogP contribution < -0.4 is 11.1 Å². The van der Waals surface area contributed by atoms with Gasteiger partial charge in [0.2, 0.25) is 0 Å². The van der Waals surface area contributed by atoms with Gasteiger partial charge in [0.15, 0.2) is 5.82 Å². The average molecular weight is 276 g/mol. The zero-order chi connectivity index (χ0) is 14.2.